The van der Waals surface area contributed by atoms with Gasteiger partial charge in [0.25, 0.3) is 0 Å². The molecule has 1 aromatic heterocycles. The number of likely N-dealkylation sites (N-methyl/N-ethyl adjacent to an activating group) is 1. The summed E-state index contributed by atoms with van der Waals surface area (Å²) < 4.78 is 12.7. The van der Waals surface area contributed by atoms with Crippen molar-refractivity contribution in [3.63, 3.8) is 0 Å². The Bertz CT molecular complexity index is 311. The molecule has 4 heteroatoms. The van der Waals surface area contributed by atoms with Gasteiger partial charge >= 0.3 is 0 Å². The van der Waals surface area contributed by atoms with Crippen LogP contribution in [0.1, 0.15) is 19.5 Å². The van der Waals surface area contributed by atoms with E-state index in [1.807, 2.05) is 7.05 Å². The van der Waals surface area contributed by atoms with Gasteiger partial charge in [-0.1, -0.05) is 13.8 Å². The predicted octanol–water partition coefficient (Wildman–Crippen LogP) is 1.90. The van der Waals surface area contributed by atoms with Gasteiger partial charge in [-0.25, -0.2) is 4.39 Å². The van der Waals surface area contributed by atoms with Crippen LogP contribution in [0.3, 0.4) is 0 Å². The summed E-state index contributed by atoms with van der Waals surface area (Å²) in [7, 11) is 2.04. The Kier molecular flexibility index (Phi) is 6.08. The van der Waals surface area contributed by atoms with E-state index < -0.39 is 0 Å². The summed E-state index contributed by atoms with van der Waals surface area (Å²) in [4.78, 5) is 6.21. The highest BCUT2D eigenvalue weighted by atomic mass is 19.1. The van der Waals surface area contributed by atoms with Crippen molar-refractivity contribution in [2.45, 2.75) is 20.4 Å². The van der Waals surface area contributed by atoms with Crippen LogP contribution in [0.5, 0.6) is 0 Å². The zero-order valence-electron chi connectivity index (χ0n) is 10.9. The van der Waals surface area contributed by atoms with Crippen LogP contribution in [-0.2, 0) is 6.54 Å². The minimum absolute atomic E-state index is 0.282. The molecule has 1 aromatic rings. The molecule has 1 heterocycles. The zero-order chi connectivity index (χ0) is 12.7. The molecule has 0 fully saturated rings. The molecular weight excluding hydrogens is 217 g/mol. The number of rotatable bonds is 7. The monoisotopic (exact) mass is 239 g/mol. The van der Waals surface area contributed by atoms with Gasteiger partial charge < -0.3 is 5.32 Å². The van der Waals surface area contributed by atoms with E-state index in [9.17, 15) is 4.39 Å². The molecule has 1 rings (SSSR count). The Morgan fingerprint density at radius 2 is 2.18 bits per heavy atom. The molecule has 0 bridgehead atoms. The first-order valence-electron chi connectivity index (χ1n) is 6.07. The summed E-state index contributed by atoms with van der Waals surface area (Å²) in [5, 5.41) is 3.39. The Hall–Kier alpha value is -1.00. The van der Waals surface area contributed by atoms with Gasteiger partial charge in [0.1, 0.15) is 5.82 Å². The summed E-state index contributed by atoms with van der Waals surface area (Å²) in [6.45, 7) is 8.12. The summed E-state index contributed by atoms with van der Waals surface area (Å²) in [6.07, 6.45) is 1.26. The van der Waals surface area contributed by atoms with Crippen LogP contribution in [0.2, 0.25) is 0 Å². The molecule has 0 amide bonds. The van der Waals surface area contributed by atoms with Gasteiger partial charge in [-0.2, -0.15) is 0 Å². The molecule has 0 radical (unpaired) electrons. The Morgan fingerprint density at radius 1 is 1.41 bits per heavy atom. The van der Waals surface area contributed by atoms with Crippen molar-refractivity contribution in [2.24, 2.45) is 5.92 Å². The van der Waals surface area contributed by atoms with E-state index in [1.54, 1.807) is 6.07 Å². The first kappa shape index (κ1) is 14.1. The van der Waals surface area contributed by atoms with Crippen molar-refractivity contribution in [2.75, 3.05) is 26.7 Å². The maximum atomic E-state index is 12.7. The van der Waals surface area contributed by atoms with E-state index in [1.165, 1.54) is 12.3 Å². The SMILES string of the molecule is CC(C)CNCCN(C)Cc1ccc(F)cn1. The number of halogens is 1. The summed E-state index contributed by atoms with van der Waals surface area (Å²) >= 11 is 0. The Balaban J connectivity index is 2.20. The van der Waals surface area contributed by atoms with E-state index >= 15 is 0 Å². The minimum Gasteiger partial charge on any atom is -0.315 e. The molecule has 17 heavy (non-hydrogen) atoms. The first-order valence-corrected chi connectivity index (χ1v) is 6.07. The van der Waals surface area contributed by atoms with Crippen molar-refractivity contribution in [1.29, 1.82) is 0 Å². The summed E-state index contributed by atoms with van der Waals surface area (Å²) in [5.41, 5.74) is 0.901. The minimum atomic E-state index is -0.282. The maximum Gasteiger partial charge on any atom is 0.141 e. The third-order valence-corrected chi connectivity index (χ3v) is 2.44. The van der Waals surface area contributed by atoms with E-state index in [-0.39, 0.29) is 5.82 Å². The average Bonchev–Trinajstić information content (AvgIpc) is 2.27. The Morgan fingerprint density at radius 3 is 2.76 bits per heavy atom. The highest BCUT2D eigenvalue weighted by Gasteiger charge is 2.01. The molecule has 0 saturated heterocycles. The maximum absolute atomic E-state index is 12.7. The molecule has 0 atom stereocenters. The molecule has 0 aliphatic rings. The highest BCUT2D eigenvalue weighted by molar-refractivity contribution is 5.04. The van der Waals surface area contributed by atoms with Crippen LogP contribution in [-0.4, -0.2) is 36.6 Å². The standard InChI is InChI=1S/C13H22FN3/c1-11(2)8-15-6-7-17(3)10-13-5-4-12(14)9-16-13/h4-5,9,11,15H,6-8,10H2,1-3H3. The van der Waals surface area contributed by atoms with Gasteiger partial charge in [0.15, 0.2) is 0 Å². The van der Waals surface area contributed by atoms with E-state index in [4.69, 9.17) is 0 Å². The third-order valence-electron chi connectivity index (χ3n) is 2.44. The van der Waals surface area contributed by atoms with Gasteiger partial charge in [0.05, 0.1) is 11.9 Å². The largest absolute Gasteiger partial charge is 0.315 e. The number of nitrogens with zero attached hydrogens (tertiary/aromatic N) is 2. The lowest BCUT2D eigenvalue weighted by molar-refractivity contribution is 0.318. The van der Waals surface area contributed by atoms with Crippen molar-refractivity contribution >= 4 is 0 Å². The fourth-order valence-electron chi connectivity index (χ4n) is 1.52. The second-order valence-corrected chi connectivity index (χ2v) is 4.80. The Labute approximate surface area is 103 Å². The number of nitrogens with one attached hydrogen (secondary N) is 1. The van der Waals surface area contributed by atoms with Crippen molar-refractivity contribution in [3.05, 3.63) is 29.8 Å². The van der Waals surface area contributed by atoms with E-state index in [0.29, 0.717) is 5.92 Å². The third kappa shape index (κ3) is 6.34. The van der Waals surface area contributed by atoms with Crippen LogP contribution in [0, 0.1) is 11.7 Å². The first-order chi connectivity index (χ1) is 8.08. The van der Waals surface area contributed by atoms with Gasteiger partial charge in [-0.05, 0) is 31.6 Å². The molecule has 1 N–H and O–H groups in total. The topological polar surface area (TPSA) is 28.2 Å². The van der Waals surface area contributed by atoms with Crippen LogP contribution >= 0.6 is 0 Å². The smallest absolute Gasteiger partial charge is 0.141 e. The van der Waals surface area contributed by atoms with Crippen molar-refractivity contribution in [3.8, 4) is 0 Å². The number of hydrogen-bond acceptors (Lipinski definition) is 3. The normalized spacial score (nSPS) is 11.4. The van der Waals surface area contributed by atoms with Crippen LogP contribution in [0.15, 0.2) is 18.3 Å². The van der Waals surface area contributed by atoms with Gasteiger partial charge in [0.2, 0.25) is 0 Å². The summed E-state index contributed by atoms with van der Waals surface area (Å²) in [5.74, 6) is 0.397. The number of aromatic nitrogens is 1. The van der Waals surface area contributed by atoms with Crippen LogP contribution < -0.4 is 5.32 Å². The molecular formula is C13H22FN3. The predicted molar refractivity (Wildman–Crippen MR) is 68.2 cm³/mol. The fraction of sp³-hybridized carbons (Fsp3) is 0.615. The second kappa shape index (κ2) is 7.35. The molecule has 0 aliphatic carbocycles. The number of pyridine rings is 1. The quantitative estimate of drug-likeness (QED) is 0.737. The lowest BCUT2D eigenvalue weighted by atomic mass is 10.2. The van der Waals surface area contributed by atoms with Crippen molar-refractivity contribution < 1.29 is 4.39 Å². The van der Waals surface area contributed by atoms with Gasteiger partial charge in [0, 0.05) is 19.6 Å². The van der Waals surface area contributed by atoms with Crippen LogP contribution in [0.25, 0.3) is 0 Å². The highest BCUT2D eigenvalue weighted by Crippen LogP contribution is 2.01. The summed E-state index contributed by atoms with van der Waals surface area (Å²) in [6, 6.07) is 3.18. The molecule has 0 saturated carbocycles. The molecule has 0 spiro atoms. The fourth-order valence-corrected chi connectivity index (χ4v) is 1.52. The van der Waals surface area contributed by atoms with E-state index in [2.05, 4.69) is 29.0 Å². The van der Waals surface area contributed by atoms with Crippen molar-refractivity contribution in [1.82, 2.24) is 15.2 Å². The molecule has 3 nitrogen and oxygen atoms in total. The van der Waals surface area contributed by atoms with Gasteiger partial charge in [-0.3, -0.25) is 9.88 Å². The number of hydrogen-bond donors (Lipinski definition) is 1. The van der Waals surface area contributed by atoms with E-state index in [0.717, 1.165) is 31.9 Å². The van der Waals surface area contributed by atoms with Gasteiger partial charge in [-0.15, -0.1) is 0 Å². The van der Waals surface area contributed by atoms with Crippen LogP contribution in [0.4, 0.5) is 4.39 Å². The lowest BCUT2D eigenvalue weighted by Crippen LogP contribution is -2.31. The lowest BCUT2D eigenvalue weighted by Gasteiger charge is -2.17. The molecule has 0 aliphatic heterocycles. The molecule has 0 unspecified atom stereocenters. The zero-order valence-corrected chi connectivity index (χ0v) is 10.9. The second-order valence-electron chi connectivity index (χ2n) is 4.80. The average molecular weight is 239 g/mol. The molecule has 0 aromatic carbocycles. The molecule has 96 valence electrons.